The van der Waals surface area contributed by atoms with E-state index in [1.807, 2.05) is 0 Å². The third-order valence-corrected chi connectivity index (χ3v) is 2.33. The van der Waals surface area contributed by atoms with Gasteiger partial charge in [-0.1, -0.05) is 38.2 Å². The lowest BCUT2D eigenvalue weighted by Gasteiger charge is -2.17. The first kappa shape index (κ1) is 5.04. The van der Waals surface area contributed by atoms with Crippen LogP contribution in [0.2, 0.25) is 0 Å². The van der Waals surface area contributed by atoms with Crippen LogP contribution in [0, 0.1) is 5.41 Å². The zero-order chi connectivity index (χ0) is 6.48. The molecule has 0 saturated heterocycles. The van der Waals surface area contributed by atoms with Gasteiger partial charge < -0.3 is 0 Å². The largest absolute Gasteiger partial charge is 0.0579 e. The summed E-state index contributed by atoms with van der Waals surface area (Å²) in [6.07, 6.45) is 8.81. The first-order valence-electron chi connectivity index (χ1n) is 3.32. The van der Waals surface area contributed by atoms with Gasteiger partial charge in [0.15, 0.2) is 0 Å². The normalized spacial score (nSPS) is 26.4. The minimum absolute atomic E-state index is 0.333. The van der Waals surface area contributed by atoms with E-state index < -0.39 is 0 Å². The highest BCUT2D eigenvalue weighted by atomic mass is 14.4. The van der Waals surface area contributed by atoms with Crippen molar-refractivity contribution >= 4 is 0 Å². The van der Waals surface area contributed by atoms with Crippen LogP contribution in [0.4, 0.5) is 0 Å². The molecule has 46 valence electrons. The van der Waals surface area contributed by atoms with E-state index in [-0.39, 0.29) is 0 Å². The summed E-state index contributed by atoms with van der Waals surface area (Å²) in [4.78, 5) is 0. The highest BCUT2D eigenvalue weighted by Crippen LogP contribution is 2.45. The first-order valence-corrected chi connectivity index (χ1v) is 3.32. The molecule has 0 fully saturated rings. The second-order valence-corrected chi connectivity index (χ2v) is 3.20. The molecule has 0 heterocycles. The van der Waals surface area contributed by atoms with E-state index in [0.717, 1.165) is 0 Å². The van der Waals surface area contributed by atoms with Gasteiger partial charge in [0, 0.05) is 5.41 Å². The van der Waals surface area contributed by atoms with E-state index in [1.165, 1.54) is 11.1 Å². The molecule has 0 aromatic carbocycles. The maximum absolute atomic E-state index is 2.26. The Hall–Kier alpha value is -0.780. The number of allylic oxidation sites excluding steroid dienone is 6. The number of hydrogen-bond acceptors (Lipinski definition) is 0. The lowest BCUT2D eigenvalue weighted by molar-refractivity contribution is 0.593. The number of fused-ring (bicyclic) bond motifs is 2. The van der Waals surface area contributed by atoms with E-state index in [1.54, 1.807) is 0 Å². The molecule has 0 aliphatic heterocycles. The SMILES string of the molecule is CC1(C)C2=CC=C1C=C2. The highest BCUT2D eigenvalue weighted by Gasteiger charge is 2.31. The van der Waals surface area contributed by atoms with Crippen LogP contribution < -0.4 is 0 Å². The molecule has 0 amide bonds. The Morgan fingerprint density at radius 2 is 1.44 bits per heavy atom. The van der Waals surface area contributed by atoms with Gasteiger partial charge in [-0.2, -0.15) is 0 Å². The average molecular weight is 118 g/mol. The minimum atomic E-state index is 0.333. The van der Waals surface area contributed by atoms with Gasteiger partial charge in [-0.3, -0.25) is 0 Å². The van der Waals surface area contributed by atoms with E-state index in [9.17, 15) is 0 Å². The van der Waals surface area contributed by atoms with E-state index in [4.69, 9.17) is 0 Å². The fraction of sp³-hybridized carbons (Fsp3) is 0.333. The van der Waals surface area contributed by atoms with Crippen molar-refractivity contribution in [3.05, 3.63) is 35.5 Å². The van der Waals surface area contributed by atoms with Gasteiger partial charge in [0.05, 0.1) is 0 Å². The Morgan fingerprint density at radius 3 is 1.56 bits per heavy atom. The van der Waals surface area contributed by atoms with Crippen molar-refractivity contribution in [3.8, 4) is 0 Å². The Labute approximate surface area is 55.6 Å². The molecule has 0 atom stereocenters. The molecule has 0 aromatic rings. The minimum Gasteiger partial charge on any atom is -0.0579 e. The van der Waals surface area contributed by atoms with Crippen molar-refractivity contribution in [2.24, 2.45) is 5.41 Å². The maximum atomic E-state index is 2.26. The van der Waals surface area contributed by atoms with Gasteiger partial charge in [-0.05, 0) is 11.1 Å². The second-order valence-electron chi connectivity index (χ2n) is 3.20. The van der Waals surface area contributed by atoms with Crippen LogP contribution >= 0.6 is 0 Å². The molecule has 0 aromatic heterocycles. The standard InChI is InChI=1S/C9H10/c1-9(2)7-3-4-8(9)6-5-7/h3-6H,1-2H3. The summed E-state index contributed by atoms with van der Waals surface area (Å²) in [5.74, 6) is 0. The maximum Gasteiger partial charge on any atom is 0.0146 e. The molecule has 0 spiro atoms. The smallest absolute Gasteiger partial charge is 0.0146 e. The van der Waals surface area contributed by atoms with Crippen LogP contribution in [0.25, 0.3) is 0 Å². The van der Waals surface area contributed by atoms with Gasteiger partial charge >= 0.3 is 0 Å². The molecular formula is C9H10. The van der Waals surface area contributed by atoms with Gasteiger partial charge in [0.2, 0.25) is 0 Å². The van der Waals surface area contributed by atoms with Crippen molar-refractivity contribution in [2.45, 2.75) is 13.8 Å². The van der Waals surface area contributed by atoms with Gasteiger partial charge in [0.1, 0.15) is 0 Å². The van der Waals surface area contributed by atoms with Crippen LogP contribution in [0.1, 0.15) is 13.8 Å². The Kier molecular flexibility index (Phi) is 0.675. The quantitative estimate of drug-likeness (QED) is 0.458. The molecule has 2 rings (SSSR count). The molecule has 9 heavy (non-hydrogen) atoms. The summed E-state index contributed by atoms with van der Waals surface area (Å²) >= 11 is 0. The second kappa shape index (κ2) is 1.21. The van der Waals surface area contributed by atoms with E-state index in [0.29, 0.717) is 5.41 Å². The van der Waals surface area contributed by atoms with Crippen LogP contribution in [-0.4, -0.2) is 0 Å². The summed E-state index contributed by atoms with van der Waals surface area (Å²) in [5, 5.41) is 0. The molecule has 0 heteroatoms. The predicted octanol–water partition coefficient (Wildman–Crippen LogP) is 2.45. The monoisotopic (exact) mass is 118 g/mol. The summed E-state index contributed by atoms with van der Waals surface area (Å²) in [5.41, 5.74) is 3.25. The topological polar surface area (TPSA) is 0 Å². The number of rotatable bonds is 0. The molecule has 2 aliphatic carbocycles. The first-order chi connectivity index (χ1) is 4.21. The van der Waals surface area contributed by atoms with Crippen molar-refractivity contribution < 1.29 is 0 Å². The molecule has 0 unspecified atom stereocenters. The molecule has 2 aliphatic rings. The lowest BCUT2D eigenvalue weighted by atomic mass is 9.86. The summed E-state index contributed by atoms with van der Waals surface area (Å²) in [6, 6.07) is 0. The van der Waals surface area contributed by atoms with Gasteiger partial charge in [-0.25, -0.2) is 0 Å². The molecule has 0 nitrogen and oxygen atoms in total. The van der Waals surface area contributed by atoms with Gasteiger partial charge in [0.25, 0.3) is 0 Å². The van der Waals surface area contributed by atoms with Crippen LogP contribution in [0.3, 0.4) is 0 Å². The van der Waals surface area contributed by atoms with Crippen LogP contribution in [0.15, 0.2) is 35.5 Å². The lowest BCUT2D eigenvalue weighted by Crippen LogP contribution is -2.06. The predicted molar refractivity (Wildman–Crippen MR) is 39.1 cm³/mol. The fourth-order valence-electron chi connectivity index (χ4n) is 1.47. The zero-order valence-corrected chi connectivity index (χ0v) is 5.81. The Bertz CT molecular complexity index is 213. The molecule has 2 bridgehead atoms. The average Bonchev–Trinajstić information content (AvgIpc) is 2.24. The third-order valence-electron chi connectivity index (χ3n) is 2.33. The van der Waals surface area contributed by atoms with Crippen molar-refractivity contribution in [1.82, 2.24) is 0 Å². The summed E-state index contributed by atoms with van der Waals surface area (Å²) in [7, 11) is 0. The van der Waals surface area contributed by atoms with Crippen molar-refractivity contribution in [2.75, 3.05) is 0 Å². The zero-order valence-electron chi connectivity index (χ0n) is 5.81. The summed E-state index contributed by atoms with van der Waals surface area (Å²) < 4.78 is 0. The third kappa shape index (κ3) is 0.437. The fourth-order valence-corrected chi connectivity index (χ4v) is 1.47. The number of hydrogen-bond donors (Lipinski definition) is 0. The highest BCUT2D eigenvalue weighted by molar-refractivity contribution is 5.56. The Morgan fingerprint density at radius 1 is 1.00 bits per heavy atom. The molecule has 0 radical (unpaired) electrons. The molecular weight excluding hydrogens is 108 g/mol. The van der Waals surface area contributed by atoms with Crippen LogP contribution in [-0.2, 0) is 0 Å². The Balaban J connectivity index is 2.61. The van der Waals surface area contributed by atoms with Crippen LogP contribution in [0.5, 0.6) is 0 Å². The van der Waals surface area contributed by atoms with Crippen molar-refractivity contribution in [3.63, 3.8) is 0 Å². The van der Waals surface area contributed by atoms with Crippen molar-refractivity contribution in [1.29, 1.82) is 0 Å². The van der Waals surface area contributed by atoms with E-state index in [2.05, 4.69) is 38.2 Å². The molecule has 0 saturated carbocycles. The van der Waals surface area contributed by atoms with Gasteiger partial charge in [-0.15, -0.1) is 0 Å². The van der Waals surface area contributed by atoms with E-state index >= 15 is 0 Å². The molecule has 0 N–H and O–H groups in total. The summed E-state index contributed by atoms with van der Waals surface area (Å²) in [6.45, 7) is 4.52.